The number of nitrogens with zero attached hydrogens (tertiary/aromatic N) is 6. The molecule has 0 atom stereocenters. The van der Waals surface area contributed by atoms with Crippen molar-refractivity contribution in [2.45, 2.75) is 9.79 Å². The van der Waals surface area contributed by atoms with E-state index >= 15 is 0 Å². The molecular weight excluding hydrogens is 781 g/mol. The molecule has 5 aromatic carbocycles. The second kappa shape index (κ2) is 15.9. The molecule has 0 unspecified atom stereocenters. The Balaban J connectivity index is 1.40. The van der Waals surface area contributed by atoms with Crippen molar-refractivity contribution in [2.75, 3.05) is 0 Å². The van der Waals surface area contributed by atoms with Gasteiger partial charge < -0.3 is 30.8 Å². The highest BCUT2D eigenvalue weighted by atomic mass is 32.2. The number of rotatable bonds is 12. The predicted molar refractivity (Wildman–Crippen MR) is 193 cm³/mol. The highest BCUT2D eigenvalue weighted by molar-refractivity contribution is 7.86. The number of aromatic carboxylic acids is 2. The highest BCUT2D eigenvalue weighted by Crippen LogP contribution is 2.31. The largest absolute Gasteiger partial charge is 0.594 e. The van der Waals surface area contributed by atoms with Gasteiger partial charge in [0.1, 0.15) is 43.8 Å². The summed E-state index contributed by atoms with van der Waals surface area (Å²) in [6.07, 6.45) is 2.08. The first-order chi connectivity index (χ1) is 26.3. The summed E-state index contributed by atoms with van der Waals surface area (Å²) < 4.78 is 69.0. The molecule has 0 amide bonds. The van der Waals surface area contributed by atoms with Gasteiger partial charge in [0.25, 0.3) is 20.2 Å². The Hall–Kier alpha value is -7.40. The van der Waals surface area contributed by atoms with Gasteiger partial charge >= 0.3 is 11.9 Å². The highest BCUT2D eigenvalue weighted by Gasteiger charge is 2.21. The van der Waals surface area contributed by atoms with Crippen molar-refractivity contribution in [3.8, 4) is 11.5 Å². The summed E-state index contributed by atoms with van der Waals surface area (Å²) in [5.41, 5.74) is -1.97. The Morgan fingerprint density at radius 1 is 0.536 bits per heavy atom. The lowest BCUT2D eigenvalue weighted by molar-refractivity contribution is -0.435. The normalized spacial score (nSPS) is 12.7. The van der Waals surface area contributed by atoms with Crippen molar-refractivity contribution in [3.05, 3.63) is 130 Å². The molecule has 0 fully saturated rings. The standard InChI is InChI=1S/C34H24N6O14S2/c41-29-13-9-23(15-27(29)33(43)44)36-35-21-5-7-22(8-6-21)37-39(47)25-11-3-19(31(17-25)55(49,50)51)1-2-20-4-12-26(18-32(20)56(52,53)54)40(48)38-24-10-14-30(42)28(16-24)34(45)46/h1-18,41-42H,(H,43,44)(H,45,46)(H,49,50,51)(H,52,53,54)/b2-1+,36-35?,39-37?,40-38?. The van der Waals surface area contributed by atoms with Crippen LogP contribution in [0.5, 0.6) is 11.5 Å². The third-order valence-corrected chi connectivity index (χ3v) is 9.22. The Morgan fingerprint density at radius 3 is 1.36 bits per heavy atom. The van der Waals surface area contributed by atoms with Crippen LogP contribution in [0.1, 0.15) is 31.8 Å². The van der Waals surface area contributed by atoms with Crippen LogP contribution >= 0.6 is 0 Å². The Morgan fingerprint density at radius 2 is 0.911 bits per heavy atom. The predicted octanol–water partition coefficient (Wildman–Crippen LogP) is 7.42. The van der Waals surface area contributed by atoms with Crippen LogP contribution in [0.2, 0.25) is 0 Å². The van der Waals surface area contributed by atoms with E-state index in [2.05, 4.69) is 20.5 Å². The quantitative estimate of drug-likeness (QED) is 0.0235. The molecular formula is C34H24N6O14S2. The van der Waals surface area contributed by atoms with E-state index in [1.165, 1.54) is 30.3 Å². The molecule has 20 nitrogen and oxygen atoms in total. The maximum atomic E-state index is 12.9. The minimum atomic E-state index is -5.04. The average molecular weight is 805 g/mol. The van der Waals surface area contributed by atoms with E-state index in [9.17, 15) is 61.3 Å². The van der Waals surface area contributed by atoms with Gasteiger partial charge in [0.15, 0.2) is 0 Å². The van der Waals surface area contributed by atoms with E-state index in [0.717, 1.165) is 78.9 Å². The van der Waals surface area contributed by atoms with Crippen LogP contribution in [-0.2, 0) is 20.2 Å². The van der Waals surface area contributed by atoms with Crippen molar-refractivity contribution in [1.29, 1.82) is 0 Å². The molecule has 0 aromatic heterocycles. The molecule has 0 saturated carbocycles. The topological polar surface area (TPSA) is 325 Å². The van der Waals surface area contributed by atoms with E-state index in [1.807, 2.05) is 0 Å². The molecule has 0 aliphatic carbocycles. The third-order valence-electron chi connectivity index (χ3n) is 7.40. The summed E-state index contributed by atoms with van der Waals surface area (Å²) in [4.78, 5) is 20.8. The van der Waals surface area contributed by atoms with Gasteiger partial charge in [0.2, 0.25) is 11.4 Å². The van der Waals surface area contributed by atoms with E-state index in [-0.39, 0.29) is 54.8 Å². The fourth-order valence-corrected chi connectivity index (χ4v) is 6.13. The monoisotopic (exact) mass is 804 g/mol. The van der Waals surface area contributed by atoms with Crippen LogP contribution in [0.3, 0.4) is 0 Å². The van der Waals surface area contributed by atoms with E-state index < -0.39 is 64.7 Å². The fraction of sp³-hybridized carbons (Fsp3) is 0. The first kappa shape index (κ1) is 39.8. The van der Waals surface area contributed by atoms with E-state index in [4.69, 9.17) is 5.11 Å². The molecule has 0 spiro atoms. The van der Waals surface area contributed by atoms with Crippen molar-refractivity contribution in [1.82, 2.24) is 0 Å². The summed E-state index contributed by atoms with van der Waals surface area (Å²) in [6.45, 7) is 0. The molecule has 22 heteroatoms. The van der Waals surface area contributed by atoms with Gasteiger partial charge in [-0.1, -0.05) is 21.9 Å². The van der Waals surface area contributed by atoms with Gasteiger partial charge in [0, 0.05) is 34.5 Å². The van der Waals surface area contributed by atoms with Gasteiger partial charge in [-0.15, -0.1) is 0 Å². The maximum Gasteiger partial charge on any atom is 0.339 e. The Bertz CT molecular complexity index is 2750. The summed E-state index contributed by atoms with van der Waals surface area (Å²) in [6, 6.07) is 18.0. The number of carboxylic acid groups (broad SMARTS) is 2. The first-order valence-electron chi connectivity index (χ1n) is 15.2. The minimum absolute atomic E-state index is 0.0537. The Kier molecular flexibility index (Phi) is 11.3. The van der Waals surface area contributed by atoms with Crippen LogP contribution in [-0.4, -0.2) is 68.0 Å². The Labute approximate surface area is 314 Å². The number of carboxylic acids is 2. The lowest BCUT2D eigenvalue weighted by atomic mass is 10.1. The van der Waals surface area contributed by atoms with Crippen LogP contribution in [0.4, 0.5) is 34.1 Å². The molecule has 0 aliphatic heterocycles. The number of aromatic hydroxyl groups is 2. The number of azo groups is 3. The molecule has 5 aromatic rings. The van der Waals surface area contributed by atoms with Crippen molar-refractivity contribution >= 4 is 78.5 Å². The van der Waals surface area contributed by atoms with Gasteiger partial charge in [0.05, 0.1) is 11.4 Å². The van der Waals surface area contributed by atoms with Crippen LogP contribution in [0.15, 0.2) is 127 Å². The summed E-state index contributed by atoms with van der Waals surface area (Å²) in [5.74, 6) is -3.91. The molecule has 0 bridgehead atoms. The van der Waals surface area contributed by atoms with Crippen molar-refractivity contribution < 1.29 is 65.7 Å². The van der Waals surface area contributed by atoms with Crippen LogP contribution in [0, 0.1) is 10.4 Å². The summed E-state index contributed by atoms with van der Waals surface area (Å²) >= 11 is 0. The molecule has 286 valence electrons. The molecule has 56 heavy (non-hydrogen) atoms. The number of carbonyl (C=O) groups is 2. The summed E-state index contributed by atoms with van der Waals surface area (Å²) in [7, 11) is -10.1. The minimum Gasteiger partial charge on any atom is -0.594 e. The van der Waals surface area contributed by atoms with Gasteiger partial charge in [-0.05, 0) is 83.9 Å². The third kappa shape index (κ3) is 9.57. The average Bonchev–Trinajstić information content (AvgIpc) is 3.13. The molecule has 5 rings (SSSR count). The number of hydrogen-bond acceptors (Lipinski definition) is 14. The van der Waals surface area contributed by atoms with Crippen molar-refractivity contribution in [2.24, 2.45) is 20.5 Å². The molecule has 0 saturated heterocycles. The van der Waals surface area contributed by atoms with E-state index in [0.29, 0.717) is 0 Å². The lowest BCUT2D eigenvalue weighted by Gasteiger charge is -2.07. The lowest BCUT2D eigenvalue weighted by Crippen LogP contribution is -2.03. The molecule has 6 N–H and O–H groups in total. The number of phenols is 2. The second-order valence-corrected chi connectivity index (χ2v) is 14.0. The smallest absolute Gasteiger partial charge is 0.339 e. The molecule has 0 heterocycles. The fourth-order valence-electron chi connectivity index (χ4n) is 4.73. The number of benzene rings is 5. The van der Waals surface area contributed by atoms with Crippen molar-refractivity contribution in [3.63, 3.8) is 0 Å². The molecule has 0 radical (unpaired) electrons. The first-order valence-corrected chi connectivity index (χ1v) is 18.1. The maximum absolute atomic E-state index is 12.9. The second-order valence-electron chi connectivity index (χ2n) is 11.2. The summed E-state index contributed by atoms with van der Waals surface area (Å²) in [5, 5.41) is 78.5. The van der Waals surface area contributed by atoms with Gasteiger partial charge in [-0.2, -0.15) is 27.1 Å². The van der Waals surface area contributed by atoms with E-state index in [1.54, 1.807) is 0 Å². The van der Waals surface area contributed by atoms with Crippen LogP contribution < -0.4 is 0 Å². The zero-order chi connectivity index (χ0) is 40.9. The van der Waals surface area contributed by atoms with Gasteiger partial charge in [-0.25, -0.2) is 9.59 Å². The zero-order valence-electron chi connectivity index (χ0n) is 27.8. The SMILES string of the molecule is O=C(O)c1cc(N=Nc2ccc(N=[N+]([O-])c3ccc(/C=C/c4ccc([N+]([O-])=Nc5ccc(O)c(C(=O)O)c5)cc4S(=O)(=O)O)c(S(=O)(=O)O)c3)cc2)ccc1O. The number of hydrogen-bond donors (Lipinski definition) is 6. The molecule has 0 aliphatic rings. The zero-order valence-corrected chi connectivity index (χ0v) is 29.5. The van der Waals surface area contributed by atoms with Crippen LogP contribution in [0.25, 0.3) is 12.2 Å². The van der Waals surface area contributed by atoms with Gasteiger partial charge in [-0.3, -0.25) is 9.11 Å².